The van der Waals surface area contributed by atoms with E-state index in [9.17, 15) is 0 Å². The van der Waals surface area contributed by atoms with Crippen LogP contribution in [0, 0.1) is 53.3 Å². The third-order valence-electron chi connectivity index (χ3n) is 18.4. The van der Waals surface area contributed by atoms with E-state index in [4.69, 9.17) is 0 Å². The summed E-state index contributed by atoms with van der Waals surface area (Å²) in [5.41, 5.74) is 0. The molecule has 7 rings (SSSR count). The molecule has 444 valence electrons. The van der Waals surface area contributed by atoms with Crippen molar-refractivity contribution < 1.29 is 0 Å². The summed E-state index contributed by atoms with van der Waals surface area (Å²) in [5.74, 6) is 8.25. The number of hydrogen-bond donors (Lipinski definition) is 0. The highest BCUT2D eigenvalue weighted by molar-refractivity contribution is 4.84. The monoisotopic (exact) mass is 1040 g/mol. The Labute approximate surface area is 469 Å². The van der Waals surface area contributed by atoms with Crippen LogP contribution in [0.3, 0.4) is 0 Å². The van der Waals surface area contributed by atoms with Gasteiger partial charge >= 0.3 is 0 Å². The lowest BCUT2D eigenvalue weighted by molar-refractivity contribution is 0.0738. The number of hydrogen-bond acceptors (Lipinski definition) is 6. The van der Waals surface area contributed by atoms with Gasteiger partial charge in [-0.25, -0.2) is 0 Å². The molecule has 0 aromatic rings. The van der Waals surface area contributed by atoms with Crippen LogP contribution in [0.5, 0.6) is 0 Å². The predicted molar refractivity (Wildman–Crippen MR) is 335 cm³/mol. The molecule has 7 aliphatic rings. The molecule has 0 bridgehead atoms. The summed E-state index contributed by atoms with van der Waals surface area (Å²) >= 11 is 0. The second-order valence-electron chi connectivity index (χ2n) is 28.1. The molecule has 0 aromatic heterocycles. The molecule has 0 radical (unpaired) electrons. The minimum atomic E-state index is 0. The Balaban J connectivity index is 0.000000443. The van der Waals surface area contributed by atoms with E-state index in [1.54, 1.807) is 0 Å². The minimum Gasteiger partial charge on any atom is -0.303 e. The van der Waals surface area contributed by atoms with Gasteiger partial charge < -0.3 is 29.4 Å². The molecular formula is C68H142N6. The summed E-state index contributed by atoms with van der Waals surface area (Å²) in [6.45, 7) is 57.6. The summed E-state index contributed by atoms with van der Waals surface area (Å²) < 4.78 is 0. The maximum absolute atomic E-state index is 2.74. The molecule has 6 heterocycles. The van der Waals surface area contributed by atoms with Crippen molar-refractivity contribution in [1.82, 2.24) is 29.4 Å². The standard InChI is InChI=1S/C12H23N.C12H25N.3C11H23N.C10H21N.CH4/c1-10(2)11-6-8-13(9-7-11)12-4-3-5-12;1-11(2)6-4-8-13-9-5-7-12(3)10-13;1-9(2)11-5-7-12(8-6-11)10(3)4;1-10(2)6-4-8-12-9-5-7-11(12)3;1-11(2)7-6-10-12-8-4-3-5-9-12;1-10(2)6-5-9-11-7-3-4-8-11;/h10-12H,3-9H2,1-2H3;11-12H,4-10H2,1-3H3;9-11H,5-8H2,1-4H3;10-11H,4-9H2,1-3H3;11H,3-10H2,1-2H3;10H,3-9H2,1-2H3;1H4. The van der Waals surface area contributed by atoms with Gasteiger partial charge in [-0.2, -0.15) is 0 Å². The molecule has 7 fully saturated rings. The fourth-order valence-electron chi connectivity index (χ4n) is 12.7. The molecule has 0 amide bonds. The van der Waals surface area contributed by atoms with Gasteiger partial charge in [0.1, 0.15) is 0 Å². The van der Waals surface area contributed by atoms with E-state index < -0.39 is 0 Å². The van der Waals surface area contributed by atoms with Crippen LogP contribution in [-0.2, 0) is 0 Å². The summed E-state index contributed by atoms with van der Waals surface area (Å²) in [4.78, 5) is 15.9. The first-order valence-electron chi connectivity index (χ1n) is 33.2. The zero-order valence-electron chi connectivity index (χ0n) is 53.2. The Morgan fingerprint density at radius 1 is 0.365 bits per heavy atom. The van der Waals surface area contributed by atoms with Gasteiger partial charge in [-0.15, -0.1) is 0 Å². The van der Waals surface area contributed by atoms with E-state index in [1.165, 1.54) is 252 Å². The van der Waals surface area contributed by atoms with Gasteiger partial charge in [-0.1, -0.05) is 110 Å². The average molecular weight is 1040 g/mol. The number of nitrogens with zero attached hydrogens (tertiary/aromatic N) is 6. The zero-order valence-corrected chi connectivity index (χ0v) is 53.2. The first-order chi connectivity index (χ1) is 34.8. The van der Waals surface area contributed by atoms with Crippen LogP contribution in [0.15, 0.2) is 0 Å². The van der Waals surface area contributed by atoms with Crippen molar-refractivity contribution in [3.63, 3.8) is 0 Å². The molecule has 0 aromatic carbocycles. The van der Waals surface area contributed by atoms with Crippen LogP contribution < -0.4 is 0 Å². The van der Waals surface area contributed by atoms with E-state index in [2.05, 4.69) is 140 Å². The van der Waals surface area contributed by atoms with Crippen molar-refractivity contribution >= 4 is 0 Å². The van der Waals surface area contributed by atoms with E-state index in [0.29, 0.717) is 0 Å². The van der Waals surface area contributed by atoms with Gasteiger partial charge in [0.15, 0.2) is 0 Å². The van der Waals surface area contributed by atoms with E-state index >= 15 is 0 Å². The molecule has 2 atom stereocenters. The molecule has 2 unspecified atom stereocenters. The Morgan fingerprint density at radius 2 is 0.757 bits per heavy atom. The van der Waals surface area contributed by atoms with Gasteiger partial charge in [0.2, 0.25) is 0 Å². The minimum absolute atomic E-state index is 0. The summed E-state index contributed by atoms with van der Waals surface area (Å²) in [7, 11) is 0. The molecule has 1 aliphatic carbocycles. The SMILES string of the molecule is C.CC(C)C1CCN(C(C)C)CC1.CC(C)C1CCN(C2CCC2)CC1.CC(C)CCCN1CCCC(C)C1.CC(C)CCCN1CCCC1.CC(C)CCCN1CCCC1C.CC(C)CCCN1CCCCC1. The van der Waals surface area contributed by atoms with Gasteiger partial charge in [0.05, 0.1) is 0 Å². The molecule has 6 heteroatoms. The highest BCUT2D eigenvalue weighted by atomic mass is 15.2. The van der Waals surface area contributed by atoms with Gasteiger partial charge in [0.25, 0.3) is 0 Å². The fraction of sp³-hybridized carbons (Fsp3) is 1.00. The van der Waals surface area contributed by atoms with Crippen LogP contribution in [-0.4, -0.2) is 146 Å². The molecule has 6 nitrogen and oxygen atoms in total. The first-order valence-corrected chi connectivity index (χ1v) is 33.2. The lowest BCUT2D eigenvalue weighted by Gasteiger charge is -2.42. The second kappa shape index (κ2) is 43.5. The summed E-state index contributed by atoms with van der Waals surface area (Å²) in [5, 5.41) is 0. The lowest BCUT2D eigenvalue weighted by atomic mass is 9.84. The van der Waals surface area contributed by atoms with Gasteiger partial charge in [-0.3, -0.25) is 0 Å². The van der Waals surface area contributed by atoms with Crippen LogP contribution in [0.4, 0.5) is 0 Å². The van der Waals surface area contributed by atoms with Crippen molar-refractivity contribution in [3.8, 4) is 0 Å². The molecule has 1 saturated carbocycles. The van der Waals surface area contributed by atoms with E-state index in [-0.39, 0.29) is 7.43 Å². The molecule has 0 N–H and O–H groups in total. The van der Waals surface area contributed by atoms with Crippen LogP contribution >= 0.6 is 0 Å². The normalized spacial score (nSPS) is 23.4. The van der Waals surface area contributed by atoms with Crippen molar-refractivity contribution in [1.29, 1.82) is 0 Å². The largest absolute Gasteiger partial charge is 0.303 e. The highest BCUT2D eigenvalue weighted by Gasteiger charge is 2.29. The fourth-order valence-corrected chi connectivity index (χ4v) is 12.7. The number of piperidine rings is 4. The van der Waals surface area contributed by atoms with Crippen molar-refractivity contribution in [2.75, 3.05) is 98.2 Å². The molecule has 6 saturated heterocycles. The smallest absolute Gasteiger partial charge is 0.00952 e. The third-order valence-corrected chi connectivity index (χ3v) is 18.4. The van der Waals surface area contributed by atoms with E-state index in [0.717, 1.165) is 71.4 Å². The van der Waals surface area contributed by atoms with Crippen LogP contribution in [0.1, 0.15) is 272 Å². The van der Waals surface area contributed by atoms with Gasteiger partial charge in [0, 0.05) is 24.7 Å². The maximum atomic E-state index is 2.74. The van der Waals surface area contributed by atoms with Crippen molar-refractivity contribution in [3.05, 3.63) is 0 Å². The van der Waals surface area contributed by atoms with Crippen molar-refractivity contribution in [2.24, 2.45) is 53.3 Å². The van der Waals surface area contributed by atoms with Crippen LogP contribution in [0.2, 0.25) is 0 Å². The molecular weight excluding hydrogens is 901 g/mol. The summed E-state index contributed by atoms with van der Waals surface area (Å²) in [6.07, 6.45) is 34.2. The Bertz CT molecular complexity index is 1180. The van der Waals surface area contributed by atoms with E-state index in [1.807, 2.05) is 0 Å². The summed E-state index contributed by atoms with van der Waals surface area (Å²) in [6, 6.07) is 2.59. The zero-order chi connectivity index (χ0) is 54.0. The first kappa shape index (κ1) is 71.8. The third kappa shape index (κ3) is 35.4. The van der Waals surface area contributed by atoms with Crippen LogP contribution in [0.25, 0.3) is 0 Å². The Kier molecular flexibility index (Phi) is 42.2. The van der Waals surface area contributed by atoms with Gasteiger partial charge in [-0.05, 0) is 307 Å². The molecule has 74 heavy (non-hydrogen) atoms. The second-order valence-corrected chi connectivity index (χ2v) is 28.1. The lowest BCUT2D eigenvalue weighted by Crippen LogP contribution is -2.45. The predicted octanol–water partition coefficient (Wildman–Crippen LogP) is 17.8. The number of likely N-dealkylation sites (tertiary alicyclic amines) is 6. The number of rotatable bonds is 20. The van der Waals surface area contributed by atoms with Crippen molar-refractivity contribution in [2.45, 2.75) is 290 Å². The topological polar surface area (TPSA) is 19.4 Å². The highest BCUT2D eigenvalue weighted by Crippen LogP contribution is 2.31. The molecule has 0 spiro atoms. The Morgan fingerprint density at radius 3 is 1.12 bits per heavy atom. The average Bonchev–Trinajstić information content (AvgIpc) is 4.01. The molecule has 6 aliphatic heterocycles. The maximum Gasteiger partial charge on any atom is 0.00952 e. The quantitative estimate of drug-likeness (QED) is 0.120. The Hall–Kier alpha value is -0.240.